The third-order valence-corrected chi connectivity index (χ3v) is 3.37. The fourth-order valence-electron chi connectivity index (χ4n) is 1.98. The molecule has 0 aromatic heterocycles. The van der Waals surface area contributed by atoms with Gasteiger partial charge >= 0.3 is 124 Å². The van der Waals surface area contributed by atoms with Crippen LogP contribution < -0.4 is 30.1 Å². The molecule has 17 nitrogen and oxygen atoms in total. The Morgan fingerprint density at radius 3 is 0.912 bits per heavy atom. The van der Waals surface area contributed by atoms with Crippen molar-refractivity contribution in [2.45, 2.75) is 27.3 Å². The van der Waals surface area contributed by atoms with Crippen LogP contribution in [0.3, 0.4) is 0 Å². The predicted molar refractivity (Wildman–Crippen MR) is 67.5 cm³/mol. The number of quaternary nitrogens is 1. The van der Waals surface area contributed by atoms with Crippen LogP contribution in [-0.2, 0) is 101 Å². The fraction of sp³-hybridized carbons (Fsp3) is 0.538. The van der Waals surface area contributed by atoms with E-state index in [9.17, 15) is 0 Å². The second-order valence-electron chi connectivity index (χ2n) is 5.57. The van der Waals surface area contributed by atoms with Crippen LogP contribution in [0.25, 0.3) is 0 Å². The van der Waals surface area contributed by atoms with Crippen molar-refractivity contribution in [2.24, 2.45) is 0 Å². The van der Waals surface area contributed by atoms with Gasteiger partial charge in [0, 0.05) is 5.56 Å². The molecule has 206 valence electrons. The molecule has 0 saturated heterocycles. The molecule has 0 heterocycles. The van der Waals surface area contributed by atoms with Crippen molar-refractivity contribution in [3.63, 3.8) is 0 Å². The molecule has 0 atom stereocenters. The van der Waals surface area contributed by atoms with Crippen molar-refractivity contribution in [2.75, 3.05) is 19.6 Å². The molecule has 0 spiro atoms. The Morgan fingerprint density at radius 1 is 0.529 bits per heavy atom. The zero-order chi connectivity index (χ0) is 28.4. The molecular formula is C13H22Mo4NO16-7. The van der Waals surface area contributed by atoms with Crippen molar-refractivity contribution in [3.05, 3.63) is 35.9 Å². The quantitative estimate of drug-likeness (QED) is 0.197. The molecule has 0 saturated carbocycles. The molecule has 0 radical (unpaired) electrons. The van der Waals surface area contributed by atoms with E-state index >= 15 is 0 Å². The number of nitrogens with zero attached hydrogens (tertiary/aromatic N) is 1. The van der Waals surface area contributed by atoms with Gasteiger partial charge in [-0.2, -0.15) is 0 Å². The van der Waals surface area contributed by atoms with Crippen LogP contribution >= 0.6 is 0 Å². The van der Waals surface area contributed by atoms with Gasteiger partial charge in [-0.1, -0.05) is 30.3 Å². The first kappa shape index (κ1) is 41.2. The van der Waals surface area contributed by atoms with Crippen LogP contribution in [-0.4, -0.2) is 24.1 Å². The van der Waals surface area contributed by atoms with Crippen LogP contribution in [0, 0.1) is 0 Å². The summed E-state index contributed by atoms with van der Waals surface area (Å²) < 4.78 is 139. The Hall–Kier alpha value is 0.0132. The summed E-state index contributed by atoms with van der Waals surface area (Å²) in [5.74, 6) is 0. The van der Waals surface area contributed by atoms with E-state index < -0.39 is 67.0 Å². The van der Waals surface area contributed by atoms with Crippen LogP contribution in [0.4, 0.5) is 0 Å². The second-order valence-corrected chi connectivity index (χ2v) is 13.6. The normalized spacial score (nSPS) is 11.6. The van der Waals surface area contributed by atoms with Gasteiger partial charge in [-0.05, 0) is 20.8 Å². The van der Waals surface area contributed by atoms with Crippen molar-refractivity contribution in [3.8, 4) is 0 Å². The van der Waals surface area contributed by atoms with Gasteiger partial charge in [-0.3, -0.25) is 0 Å². The van der Waals surface area contributed by atoms with Crippen LogP contribution in [0.5, 0.6) is 0 Å². The summed E-state index contributed by atoms with van der Waals surface area (Å²) in [6, 6.07) is 10.8. The molecule has 1 aromatic carbocycles. The van der Waals surface area contributed by atoms with E-state index in [0.29, 0.717) is 0 Å². The molecular weight excluding hydrogens is 810 g/mol. The van der Waals surface area contributed by atoms with Gasteiger partial charge < -0.3 is 4.48 Å². The van der Waals surface area contributed by atoms with Gasteiger partial charge in [0.1, 0.15) is 6.54 Å². The SMILES string of the molecule is CC[N+](CC)(CC)Cc1ccccc1.[O]=[Mo](=[O])([O-])[O-].[O]=[Mo](=[O])([O-])[O-].[O]=[Mo](=[O])([O-])[O-].[O]=[Mo](=[O])([O-])[O-]. The third-order valence-electron chi connectivity index (χ3n) is 3.37. The van der Waals surface area contributed by atoms with Crippen LogP contribution in [0.15, 0.2) is 30.3 Å². The molecule has 0 aliphatic heterocycles. The van der Waals surface area contributed by atoms with Gasteiger partial charge in [-0.25, -0.2) is 0 Å². The summed E-state index contributed by atoms with van der Waals surface area (Å²) in [7, 11) is 0. The number of hydrogen-bond donors (Lipinski definition) is 0. The monoisotopic (exact) mass is 840 g/mol. The molecule has 1 rings (SSSR count). The van der Waals surface area contributed by atoms with Crippen molar-refractivity contribution in [1.82, 2.24) is 0 Å². The molecule has 0 amide bonds. The maximum atomic E-state index is 8.63. The molecule has 0 bridgehead atoms. The average molecular weight is 832 g/mol. The van der Waals surface area contributed by atoms with E-state index in [1.807, 2.05) is 0 Å². The standard InChI is InChI=1S/C13H22N.4Mo.16O/c1-4-14(5-2,6-3)12-13-10-8-7-9-11-13;;;;;;;;;;;;;;;;;;;;/h7-11H,4-6,12H2,1-3H3;;;;;;;;;;;;;;;;;;;;/q+1;;;;;;;;;;;;;8*-1. The van der Waals surface area contributed by atoms with Gasteiger partial charge in [0.15, 0.2) is 0 Å². The summed E-state index contributed by atoms with van der Waals surface area (Å²) in [6.45, 7) is 11.7. The molecule has 0 unspecified atom stereocenters. The van der Waals surface area contributed by atoms with Gasteiger partial charge in [0.2, 0.25) is 0 Å². The van der Waals surface area contributed by atoms with E-state index in [0.717, 1.165) is 0 Å². The van der Waals surface area contributed by atoms with Crippen molar-refractivity contribution in [1.29, 1.82) is 0 Å². The number of benzene rings is 1. The summed E-state index contributed by atoms with van der Waals surface area (Å²) in [5, 5.41) is 0. The molecule has 0 fully saturated rings. The zero-order valence-electron chi connectivity index (χ0n) is 17.8. The Bertz CT molecular complexity index is 903. The first-order valence-corrected chi connectivity index (χ1v) is 21.4. The summed E-state index contributed by atoms with van der Waals surface area (Å²) in [6.07, 6.45) is 0. The number of rotatable bonds is 5. The van der Waals surface area contributed by atoms with E-state index in [4.69, 9.17) is 57.3 Å². The summed E-state index contributed by atoms with van der Waals surface area (Å²) in [5.41, 5.74) is 1.46. The molecule has 21 heteroatoms. The zero-order valence-corrected chi connectivity index (χ0v) is 25.9. The Balaban J connectivity index is -0.000000188. The van der Waals surface area contributed by atoms with Crippen LogP contribution in [0.2, 0.25) is 0 Å². The molecule has 0 aliphatic rings. The minimum absolute atomic E-state index is 1.17. The van der Waals surface area contributed by atoms with Gasteiger partial charge in [-0.15, -0.1) is 0 Å². The Kier molecular flexibility index (Phi) is 23.2. The van der Waals surface area contributed by atoms with E-state index in [2.05, 4.69) is 51.1 Å². The average Bonchev–Trinajstić information content (AvgIpc) is 2.55. The minimum atomic E-state index is -6.02. The molecule has 34 heavy (non-hydrogen) atoms. The molecule has 0 aliphatic carbocycles. The topological polar surface area (TPSA) is 321 Å². The van der Waals surface area contributed by atoms with E-state index in [1.165, 1.54) is 36.2 Å². The van der Waals surface area contributed by atoms with Crippen molar-refractivity contribution >= 4 is 0 Å². The maximum absolute atomic E-state index is 8.63. The fourth-order valence-corrected chi connectivity index (χ4v) is 1.98. The van der Waals surface area contributed by atoms with E-state index in [-0.39, 0.29) is 0 Å². The van der Waals surface area contributed by atoms with Gasteiger partial charge in [0.25, 0.3) is 0 Å². The van der Waals surface area contributed by atoms with Gasteiger partial charge in [0.05, 0.1) is 19.6 Å². The molecule has 1 aromatic rings. The third kappa shape index (κ3) is 63.5. The predicted octanol–water partition coefficient (Wildman–Crippen LogP) is -7.41. The first-order valence-electron chi connectivity index (χ1n) is 8.32. The second kappa shape index (κ2) is 19.2. The summed E-state index contributed by atoms with van der Waals surface area (Å²) >= 11 is -24.1. The van der Waals surface area contributed by atoms with E-state index in [1.54, 1.807) is 0 Å². The molecule has 0 N–H and O–H groups in total. The Morgan fingerprint density at radius 2 is 0.735 bits per heavy atom. The summed E-state index contributed by atoms with van der Waals surface area (Å²) in [4.78, 5) is 0. The Labute approximate surface area is 210 Å². The van der Waals surface area contributed by atoms with Crippen molar-refractivity contribution < 1.29 is 129 Å². The van der Waals surface area contributed by atoms with Crippen LogP contribution in [0.1, 0.15) is 26.3 Å². The first-order chi connectivity index (χ1) is 14.8. The number of hydrogen-bond acceptors (Lipinski definition) is 16.